The van der Waals surface area contributed by atoms with Crippen LogP contribution in [0, 0.1) is 12.3 Å². The minimum absolute atomic E-state index is 0.0989. The minimum atomic E-state index is -0.315. The van der Waals surface area contributed by atoms with Crippen LogP contribution in [0.3, 0.4) is 0 Å². The third kappa shape index (κ3) is 5.34. The van der Waals surface area contributed by atoms with Crippen molar-refractivity contribution in [2.45, 2.75) is 6.42 Å². The summed E-state index contributed by atoms with van der Waals surface area (Å²) in [6.45, 7) is 0.117. The number of nitrogens with one attached hydrogen (secondary N) is 1. The first kappa shape index (κ1) is 17.4. The fourth-order valence-electron chi connectivity index (χ4n) is 1.94. The molecule has 122 valence electrons. The number of benzene rings is 2. The van der Waals surface area contributed by atoms with Crippen LogP contribution in [0.25, 0.3) is 0 Å². The number of amides is 1. The van der Waals surface area contributed by atoms with E-state index in [0.717, 1.165) is 0 Å². The van der Waals surface area contributed by atoms with Gasteiger partial charge in [0.15, 0.2) is 0 Å². The number of terminal acetylenes is 1. The zero-order valence-electron chi connectivity index (χ0n) is 12.7. The van der Waals surface area contributed by atoms with Crippen LogP contribution in [0.1, 0.15) is 11.1 Å². The van der Waals surface area contributed by atoms with Crippen LogP contribution in [-0.2, 0) is 11.2 Å². The summed E-state index contributed by atoms with van der Waals surface area (Å²) in [5, 5.41) is 13.8. The normalized spacial score (nSPS) is 10.3. The maximum Gasteiger partial charge on any atom is 0.244 e. The number of carbonyl (C=O) groups excluding carboxylic acids is 1. The molecule has 0 heterocycles. The van der Waals surface area contributed by atoms with Gasteiger partial charge in [-0.25, -0.2) is 5.43 Å². The van der Waals surface area contributed by atoms with Crippen molar-refractivity contribution in [2.24, 2.45) is 5.10 Å². The lowest BCUT2D eigenvalue weighted by Gasteiger charge is -2.06. The third-order valence-corrected chi connectivity index (χ3v) is 3.19. The second-order valence-electron chi connectivity index (χ2n) is 4.81. The summed E-state index contributed by atoms with van der Waals surface area (Å²) < 4.78 is 5.38. The zero-order chi connectivity index (χ0) is 17.4. The lowest BCUT2D eigenvalue weighted by molar-refractivity contribution is -0.120. The van der Waals surface area contributed by atoms with Crippen molar-refractivity contribution in [3.63, 3.8) is 0 Å². The first-order valence-corrected chi connectivity index (χ1v) is 7.42. The number of phenols is 1. The van der Waals surface area contributed by atoms with Crippen LogP contribution in [0.2, 0.25) is 5.02 Å². The molecule has 0 aromatic heterocycles. The van der Waals surface area contributed by atoms with Gasteiger partial charge in [0.05, 0.1) is 12.6 Å². The van der Waals surface area contributed by atoms with Gasteiger partial charge in [-0.1, -0.05) is 29.7 Å². The maximum absolute atomic E-state index is 11.8. The lowest BCUT2D eigenvalue weighted by atomic mass is 10.1. The number of rotatable bonds is 6. The average molecular weight is 343 g/mol. The number of carbonyl (C=O) groups is 1. The Hall–Kier alpha value is -2.97. The second-order valence-corrected chi connectivity index (χ2v) is 5.25. The predicted molar refractivity (Wildman–Crippen MR) is 93.3 cm³/mol. The Kier molecular flexibility index (Phi) is 6.23. The van der Waals surface area contributed by atoms with Gasteiger partial charge in [-0.3, -0.25) is 4.79 Å². The lowest BCUT2D eigenvalue weighted by Crippen LogP contribution is -2.19. The molecular formula is C18H15ClN2O3. The van der Waals surface area contributed by atoms with E-state index in [1.54, 1.807) is 30.3 Å². The number of hydrogen-bond donors (Lipinski definition) is 2. The summed E-state index contributed by atoms with van der Waals surface area (Å²) >= 11 is 5.95. The van der Waals surface area contributed by atoms with Crippen LogP contribution in [0.15, 0.2) is 47.6 Å². The summed E-state index contributed by atoms with van der Waals surface area (Å²) in [6, 6.07) is 11.5. The van der Waals surface area contributed by atoms with Gasteiger partial charge in [0.2, 0.25) is 5.91 Å². The standard InChI is InChI=1S/C18H15ClN2O3/c1-2-8-24-17-7-6-15(19)11-14(17)12-20-21-18(23)10-13-4-3-5-16(22)9-13/h1,3-7,9,11-12,22H,8,10H2,(H,21,23)/b20-12+. The molecule has 0 aliphatic heterocycles. The van der Waals surface area contributed by atoms with Crippen molar-refractivity contribution in [3.8, 4) is 23.8 Å². The fraction of sp³-hybridized carbons (Fsp3) is 0.111. The Morgan fingerprint density at radius 1 is 1.38 bits per heavy atom. The molecule has 0 saturated heterocycles. The molecule has 0 bridgehead atoms. The van der Waals surface area contributed by atoms with E-state index in [1.165, 1.54) is 18.3 Å². The summed E-state index contributed by atoms with van der Waals surface area (Å²) in [5.74, 6) is 2.69. The van der Waals surface area contributed by atoms with Gasteiger partial charge in [0.25, 0.3) is 0 Å². The summed E-state index contributed by atoms with van der Waals surface area (Å²) in [4.78, 5) is 11.8. The minimum Gasteiger partial charge on any atom is -0.508 e. The smallest absolute Gasteiger partial charge is 0.244 e. The average Bonchev–Trinajstić information content (AvgIpc) is 2.54. The molecule has 24 heavy (non-hydrogen) atoms. The number of aromatic hydroxyl groups is 1. The molecule has 0 radical (unpaired) electrons. The molecule has 0 fully saturated rings. The molecule has 2 N–H and O–H groups in total. The fourth-order valence-corrected chi connectivity index (χ4v) is 2.12. The molecule has 0 aliphatic rings. The van der Waals surface area contributed by atoms with E-state index in [1.807, 2.05) is 0 Å². The molecular weight excluding hydrogens is 328 g/mol. The van der Waals surface area contributed by atoms with E-state index >= 15 is 0 Å². The Bertz CT molecular complexity index is 797. The highest BCUT2D eigenvalue weighted by Crippen LogP contribution is 2.21. The third-order valence-electron chi connectivity index (χ3n) is 2.95. The molecule has 2 aromatic rings. The molecule has 0 unspecified atom stereocenters. The van der Waals surface area contributed by atoms with Crippen LogP contribution < -0.4 is 10.2 Å². The highest BCUT2D eigenvalue weighted by atomic mass is 35.5. The highest BCUT2D eigenvalue weighted by Gasteiger charge is 2.05. The van der Waals surface area contributed by atoms with Crippen molar-refractivity contribution in [1.29, 1.82) is 0 Å². The number of hydrogen-bond acceptors (Lipinski definition) is 4. The van der Waals surface area contributed by atoms with Crippen LogP contribution in [-0.4, -0.2) is 23.8 Å². The van der Waals surface area contributed by atoms with Crippen molar-refractivity contribution in [3.05, 3.63) is 58.6 Å². The first-order valence-electron chi connectivity index (χ1n) is 7.04. The van der Waals surface area contributed by atoms with Gasteiger partial charge in [-0.05, 0) is 35.9 Å². The summed E-state index contributed by atoms with van der Waals surface area (Å²) in [6.07, 6.45) is 6.70. The molecule has 1 amide bonds. The Labute approximate surface area is 144 Å². The molecule has 0 spiro atoms. The van der Waals surface area contributed by atoms with Gasteiger partial charge >= 0.3 is 0 Å². The maximum atomic E-state index is 11.8. The van der Waals surface area contributed by atoms with E-state index in [2.05, 4.69) is 16.4 Å². The zero-order valence-corrected chi connectivity index (χ0v) is 13.5. The van der Waals surface area contributed by atoms with E-state index < -0.39 is 0 Å². The van der Waals surface area contributed by atoms with E-state index in [4.69, 9.17) is 22.8 Å². The quantitative estimate of drug-likeness (QED) is 0.482. The number of ether oxygens (including phenoxy) is 1. The number of hydrazone groups is 1. The van der Waals surface area contributed by atoms with E-state index in [-0.39, 0.29) is 24.7 Å². The number of phenolic OH excluding ortho intramolecular Hbond substituents is 1. The van der Waals surface area contributed by atoms with Crippen LogP contribution in [0.5, 0.6) is 11.5 Å². The molecule has 0 aliphatic carbocycles. The number of nitrogens with zero attached hydrogens (tertiary/aromatic N) is 1. The molecule has 0 atom stereocenters. The van der Waals surface area contributed by atoms with Crippen LogP contribution in [0.4, 0.5) is 0 Å². The summed E-state index contributed by atoms with van der Waals surface area (Å²) in [7, 11) is 0. The number of halogens is 1. The molecule has 2 rings (SSSR count). The van der Waals surface area contributed by atoms with Gasteiger partial charge in [-0.15, -0.1) is 6.42 Å². The predicted octanol–water partition coefficient (Wildman–Crippen LogP) is 2.75. The topological polar surface area (TPSA) is 70.9 Å². The van der Waals surface area contributed by atoms with Crippen molar-refractivity contribution in [1.82, 2.24) is 5.43 Å². The van der Waals surface area contributed by atoms with Crippen LogP contribution >= 0.6 is 11.6 Å². The van der Waals surface area contributed by atoms with Gasteiger partial charge in [-0.2, -0.15) is 5.10 Å². The Morgan fingerprint density at radius 2 is 2.21 bits per heavy atom. The Balaban J connectivity index is 1.99. The van der Waals surface area contributed by atoms with Gasteiger partial charge < -0.3 is 9.84 Å². The Morgan fingerprint density at radius 3 is 2.96 bits per heavy atom. The van der Waals surface area contributed by atoms with E-state index in [0.29, 0.717) is 21.9 Å². The second kappa shape index (κ2) is 8.61. The molecule has 0 saturated carbocycles. The summed E-state index contributed by atoms with van der Waals surface area (Å²) in [5.41, 5.74) is 3.69. The van der Waals surface area contributed by atoms with E-state index in [9.17, 15) is 9.90 Å². The van der Waals surface area contributed by atoms with Crippen molar-refractivity contribution in [2.75, 3.05) is 6.61 Å². The molecule has 5 nitrogen and oxygen atoms in total. The van der Waals surface area contributed by atoms with Crippen molar-refractivity contribution >= 4 is 23.7 Å². The first-order chi connectivity index (χ1) is 11.6. The SMILES string of the molecule is C#CCOc1ccc(Cl)cc1/C=N/NC(=O)Cc1cccc(O)c1. The van der Waals surface area contributed by atoms with Gasteiger partial charge in [0, 0.05) is 10.6 Å². The molecule has 2 aromatic carbocycles. The monoisotopic (exact) mass is 342 g/mol. The molecule has 6 heteroatoms. The van der Waals surface area contributed by atoms with Crippen molar-refractivity contribution < 1.29 is 14.6 Å². The highest BCUT2D eigenvalue weighted by molar-refractivity contribution is 6.30. The van der Waals surface area contributed by atoms with Gasteiger partial charge in [0.1, 0.15) is 18.1 Å². The largest absolute Gasteiger partial charge is 0.508 e.